The maximum Gasteiger partial charge on any atom is 0.315 e. The minimum atomic E-state index is 0.00510. The average molecular weight is 212 g/mol. The maximum absolute atomic E-state index is 11.4. The number of carbonyl (C=O) groups excluding carboxylic acids is 1. The lowest BCUT2D eigenvalue weighted by Crippen LogP contribution is -2.46. The molecule has 0 bridgehead atoms. The molecule has 3 heteroatoms. The number of nitrogens with one attached hydrogen (secondary N) is 2. The zero-order chi connectivity index (χ0) is 11.1. The molecule has 2 amide bonds. The lowest BCUT2D eigenvalue weighted by Gasteiger charge is -2.32. The van der Waals surface area contributed by atoms with E-state index in [1.54, 1.807) is 0 Å². The van der Waals surface area contributed by atoms with Crippen LogP contribution in [0, 0.1) is 5.92 Å². The molecule has 0 aliphatic heterocycles. The summed E-state index contributed by atoms with van der Waals surface area (Å²) in [6, 6.07) is 0.413. The Morgan fingerprint density at radius 1 is 1.27 bits per heavy atom. The molecule has 3 nitrogen and oxygen atoms in total. The molecule has 1 aliphatic carbocycles. The van der Waals surface area contributed by atoms with Gasteiger partial charge in [0.15, 0.2) is 0 Å². The molecular weight excluding hydrogens is 188 g/mol. The zero-order valence-electron chi connectivity index (χ0n) is 10.0. The van der Waals surface area contributed by atoms with Crippen molar-refractivity contribution in [2.24, 2.45) is 5.92 Å². The van der Waals surface area contributed by atoms with Gasteiger partial charge in [-0.2, -0.15) is 0 Å². The first kappa shape index (κ1) is 12.3. The van der Waals surface area contributed by atoms with Gasteiger partial charge in [0, 0.05) is 12.6 Å². The standard InChI is InChI=1S/C12H24N2O/c1-3-7-10-8-5-6-9-11(10)14-12(15)13-4-2/h10-11H,3-9H2,1-2H3,(H2,13,14,15). The van der Waals surface area contributed by atoms with E-state index in [4.69, 9.17) is 0 Å². The van der Waals surface area contributed by atoms with Gasteiger partial charge < -0.3 is 10.6 Å². The Morgan fingerprint density at radius 2 is 2.00 bits per heavy atom. The average Bonchev–Trinajstić information content (AvgIpc) is 2.21. The van der Waals surface area contributed by atoms with Crippen LogP contribution in [-0.4, -0.2) is 18.6 Å². The van der Waals surface area contributed by atoms with E-state index in [0.29, 0.717) is 18.5 Å². The number of rotatable bonds is 4. The predicted octanol–water partition coefficient (Wildman–Crippen LogP) is 2.66. The second-order valence-corrected chi connectivity index (χ2v) is 4.44. The molecule has 2 unspecified atom stereocenters. The Hall–Kier alpha value is -0.730. The van der Waals surface area contributed by atoms with Crippen LogP contribution in [0.25, 0.3) is 0 Å². The summed E-state index contributed by atoms with van der Waals surface area (Å²) in [6.45, 7) is 4.87. The predicted molar refractivity (Wildman–Crippen MR) is 62.9 cm³/mol. The van der Waals surface area contributed by atoms with Gasteiger partial charge in [0.05, 0.1) is 0 Å². The lowest BCUT2D eigenvalue weighted by atomic mass is 9.82. The first-order valence-corrected chi connectivity index (χ1v) is 6.32. The molecule has 1 saturated carbocycles. The van der Waals surface area contributed by atoms with Crippen LogP contribution < -0.4 is 10.6 Å². The van der Waals surface area contributed by atoms with Crippen LogP contribution in [0.4, 0.5) is 4.79 Å². The minimum Gasteiger partial charge on any atom is -0.338 e. The van der Waals surface area contributed by atoms with Crippen molar-refractivity contribution in [3.8, 4) is 0 Å². The second-order valence-electron chi connectivity index (χ2n) is 4.44. The molecule has 0 aromatic heterocycles. The third-order valence-corrected chi connectivity index (χ3v) is 3.22. The summed E-state index contributed by atoms with van der Waals surface area (Å²) in [4.78, 5) is 11.4. The van der Waals surface area contributed by atoms with Gasteiger partial charge in [-0.25, -0.2) is 4.79 Å². The molecule has 2 atom stereocenters. The third-order valence-electron chi connectivity index (χ3n) is 3.22. The van der Waals surface area contributed by atoms with Crippen LogP contribution in [-0.2, 0) is 0 Å². The number of hydrogen-bond donors (Lipinski definition) is 2. The van der Waals surface area contributed by atoms with Gasteiger partial charge in [-0.3, -0.25) is 0 Å². The molecule has 0 radical (unpaired) electrons. The normalized spacial score (nSPS) is 26.0. The van der Waals surface area contributed by atoms with Crippen molar-refractivity contribution in [2.45, 2.75) is 58.4 Å². The van der Waals surface area contributed by atoms with E-state index >= 15 is 0 Å². The summed E-state index contributed by atoms with van der Waals surface area (Å²) in [6.07, 6.45) is 7.50. The molecule has 88 valence electrons. The van der Waals surface area contributed by atoms with Gasteiger partial charge in [0.2, 0.25) is 0 Å². The molecular formula is C12H24N2O. The summed E-state index contributed by atoms with van der Waals surface area (Å²) in [5, 5.41) is 5.91. The summed E-state index contributed by atoms with van der Waals surface area (Å²) < 4.78 is 0. The van der Waals surface area contributed by atoms with Crippen molar-refractivity contribution < 1.29 is 4.79 Å². The molecule has 0 saturated heterocycles. The number of amides is 2. The largest absolute Gasteiger partial charge is 0.338 e. The Kier molecular flexibility index (Phi) is 5.51. The number of hydrogen-bond acceptors (Lipinski definition) is 1. The highest BCUT2D eigenvalue weighted by Gasteiger charge is 2.25. The van der Waals surface area contributed by atoms with Gasteiger partial charge in [-0.1, -0.05) is 26.2 Å². The van der Waals surface area contributed by atoms with Crippen LogP contribution in [0.1, 0.15) is 52.4 Å². The number of urea groups is 1. The Balaban J connectivity index is 2.38. The van der Waals surface area contributed by atoms with Gasteiger partial charge in [-0.15, -0.1) is 0 Å². The highest BCUT2D eigenvalue weighted by Crippen LogP contribution is 2.27. The van der Waals surface area contributed by atoms with Crippen LogP contribution >= 0.6 is 0 Å². The molecule has 0 spiro atoms. The summed E-state index contributed by atoms with van der Waals surface area (Å²) in [7, 11) is 0. The molecule has 1 fully saturated rings. The molecule has 0 heterocycles. The molecule has 0 aromatic carbocycles. The van der Waals surface area contributed by atoms with E-state index in [1.165, 1.54) is 32.1 Å². The van der Waals surface area contributed by atoms with Crippen molar-refractivity contribution >= 4 is 6.03 Å². The number of carbonyl (C=O) groups is 1. The Labute approximate surface area is 93.0 Å². The first-order chi connectivity index (χ1) is 7.27. The van der Waals surface area contributed by atoms with Crippen molar-refractivity contribution in [1.82, 2.24) is 10.6 Å². The Morgan fingerprint density at radius 3 is 2.67 bits per heavy atom. The highest BCUT2D eigenvalue weighted by atomic mass is 16.2. The lowest BCUT2D eigenvalue weighted by molar-refractivity contribution is 0.214. The van der Waals surface area contributed by atoms with Gasteiger partial charge in [-0.05, 0) is 32.1 Å². The zero-order valence-corrected chi connectivity index (χ0v) is 10.0. The van der Waals surface area contributed by atoms with Gasteiger partial charge >= 0.3 is 6.03 Å². The second kappa shape index (κ2) is 6.70. The van der Waals surface area contributed by atoms with Crippen molar-refractivity contribution in [3.63, 3.8) is 0 Å². The van der Waals surface area contributed by atoms with Crippen LogP contribution in [0.5, 0.6) is 0 Å². The first-order valence-electron chi connectivity index (χ1n) is 6.32. The van der Waals surface area contributed by atoms with Crippen LogP contribution in [0.15, 0.2) is 0 Å². The summed E-state index contributed by atoms with van der Waals surface area (Å²) in [5.41, 5.74) is 0. The molecule has 1 rings (SSSR count). The van der Waals surface area contributed by atoms with E-state index in [9.17, 15) is 4.79 Å². The topological polar surface area (TPSA) is 41.1 Å². The van der Waals surface area contributed by atoms with Crippen LogP contribution in [0.3, 0.4) is 0 Å². The third kappa shape index (κ3) is 4.10. The van der Waals surface area contributed by atoms with Crippen molar-refractivity contribution in [1.29, 1.82) is 0 Å². The van der Waals surface area contributed by atoms with Gasteiger partial charge in [0.1, 0.15) is 0 Å². The summed E-state index contributed by atoms with van der Waals surface area (Å²) in [5.74, 6) is 0.700. The van der Waals surface area contributed by atoms with E-state index in [1.807, 2.05) is 6.92 Å². The van der Waals surface area contributed by atoms with Gasteiger partial charge in [0.25, 0.3) is 0 Å². The van der Waals surface area contributed by atoms with Crippen molar-refractivity contribution in [3.05, 3.63) is 0 Å². The SMILES string of the molecule is CCCC1CCCCC1NC(=O)NCC. The monoisotopic (exact) mass is 212 g/mol. The highest BCUT2D eigenvalue weighted by molar-refractivity contribution is 5.74. The fourth-order valence-electron chi connectivity index (χ4n) is 2.49. The maximum atomic E-state index is 11.4. The van der Waals surface area contributed by atoms with Crippen molar-refractivity contribution in [2.75, 3.05) is 6.54 Å². The Bertz CT molecular complexity index is 192. The molecule has 2 N–H and O–H groups in total. The van der Waals surface area contributed by atoms with E-state index in [2.05, 4.69) is 17.6 Å². The minimum absolute atomic E-state index is 0.00510. The van der Waals surface area contributed by atoms with E-state index in [0.717, 1.165) is 6.42 Å². The van der Waals surface area contributed by atoms with Crippen LogP contribution in [0.2, 0.25) is 0 Å². The van der Waals surface area contributed by atoms with E-state index < -0.39 is 0 Å². The molecule has 0 aromatic rings. The van der Waals surface area contributed by atoms with E-state index in [-0.39, 0.29) is 6.03 Å². The fourth-order valence-corrected chi connectivity index (χ4v) is 2.49. The summed E-state index contributed by atoms with van der Waals surface area (Å²) >= 11 is 0. The smallest absolute Gasteiger partial charge is 0.315 e. The molecule has 1 aliphatic rings. The fraction of sp³-hybridized carbons (Fsp3) is 0.917. The quantitative estimate of drug-likeness (QED) is 0.739. The molecule has 15 heavy (non-hydrogen) atoms.